The van der Waals surface area contributed by atoms with Gasteiger partial charge in [-0.1, -0.05) is 12.1 Å². The Labute approximate surface area is 193 Å². The third-order valence-corrected chi connectivity index (χ3v) is 5.53. The number of anilines is 1. The SMILES string of the molecule is CC(c1cnn(-c2ccccc2F)c1)n1nc(-c2cc(C#N)cc(C#N)c2)c2c(N)ncnc21. The van der Waals surface area contributed by atoms with Crippen molar-refractivity contribution in [2.24, 2.45) is 0 Å². The van der Waals surface area contributed by atoms with Crippen LogP contribution in [0.2, 0.25) is 0 Å². The highest BCUT2D eigenvalue weighted by Crippen LogP contribution is 2.34. The Morgan fingerprint density at radius 2 is 1.79 bits per heavy atom. The third kappa shape index (κ3) is 3.40. The van der Waals surface area contributed by atoms with Crippen LogP contribution in [0.3, 0.4) is 0 Å². The van der Waals surface area contributed by atoms with Crippen LogP contribution in [0.1, 0.15) is 29.7 Å². The van der Waals surface area contributed by atoms with E-state index in [9.17, 15) is 14.9 Å². The Balaban J connectivity index is 1.66. The molecule has 0 aliphatic rings. The van der Waals surface area contributed by atoms with Crippen molar-refractivity contribution < 1.29 is 4.39 Å². The van der Waals surface area contributed by atoms with Gasteiger partial charge >= 0.3 is 0 Å². The number of aromatic nitrogens is 6. The number of rotatable bonds is 4. The molecular weight excluding hydrogens is 433 g/mol. The maximum absolute atomic E-state index is 14.2. The van der Waals surface area contributed by atoms with Crippen LogP contribution in [0.4, 0.5) is 10.2 Å². The summed E-state index contributed by atoms with van der Waals surface area (Å²) >= 11 is 0. The summed E-state index contributed by atoms with van der Waals surface area (Å²) in [6.45, 7) is 1.91. The second-order valence-corrected chi connectivity index (χ2v) is 7.62. The van der Waals surface area contributed by atoms with Crippen LogP contribution < -0.4 is 5.73 Å². The second-order valence-electron chi connectivity index (χ2n) is 7.62. The molecule has 0 fully saturated rings. The number of nitrogens with two attached hydrogens (primary N) is 1. The molecule has 9 nitrogen and oxygen atoms in total. The number of nitrogens with zero attached hydrogens (tertiary/aromatic N) is 8. The molecule has 0 saturated carbocycles. The van der Waals surface area contributed by atoms with Gasteiger partial charge in [0.05, 0.1) is 40.9 Å². The zero-order valence-electron chi connectivity index (χ0n) is 17.9. The van der Waals surface area contributed by atoms with Crippen molar-refractivity contribution in [2.75, 3.05) is 5.73 Å². The van der Waals surface area contributed by atoms with Gasteiger partial charge in [-0.15, -0.1) is 0 Å². The molecule has 1 unspecified atom stereocenters. The van der Waals surface area contributed by atoms with E-state index in [0.29, 0.717) is 39.1 Å². The van der Waals surface area contributed by atoms with Crippen LogP contribution in [-0.2, 0) is 0 Å². The largest absolute Gasteiger partial charge is 0.383 e. The van der Waals surface area contributed by atoms with E-state index in [1.165, 1.54) is 23.1 Å². The molecule has 3 heterocycles. The summed E-state index contributed by atoms with van der Waals surface area (Å²) in [6, 6.07) is 14.9. The summed E-state index contributed by atoms with van der Waals surface area (Å²) in [7, 11) is 0. The van der Waals surface area contributed by atoms with Gasteiger partial charge in [-0.2, -0.15) is 20.7 Å². The first kappa shape index (κ1) is 20.8. The zero-order chi connectivity index (χ0) is 23.8. The highest BCUT2D eigenvalue weighted by molar-refractivity contribution is 5.98. The van der Waals surface area contributed by atoms with Gasteiger partial charge in [0.15, 0.2) is 5.65 Å². The van der Waals surface area contributed by atoms with E-state index in [-0.39, 0.29) is 17.7 Å². The minimum absolute atomic E-state index is 0.223. The van der Waals surface area contributed by atoms with Gasteiger partial charge in [0.1, 0.15) is 29.3 Å². The highest BCUT2D eigenvalue weighted by Gasteiger charge is 2.22. The molecule has 0 aliphatic carbocycles. The number of nitriles is 2. The highest BCUT2D eigenvalue weighted by atomic mass is 19.1. The molecule has 5 aromatic rings. The van der Waals surface area contributed by atoms with Crippen LogP contribution >= 0.6 is 0 Å². The monoisotopic (exact) mass is 449 g/mol. The van der Waals surface area contributed by atoms with Crippen LogP contribution in [-0.4, -0.2) is 29.5 Å². The van der Waals surface area contributed by atoms with Gasteiger partial charge in [0.2, 0.25) is 0 Å². The van der Waals surface area contributed by atoms with E-state index in [0.717, 1.165) is 5.56 Å². The number of hydrogen-bond donors (Lipinski definition) is 1. The van der Waals surface area contributed by atoms with Gasteiger partial charge in [-0.25, -0.2) is 23.7 Å². The molecule has 2 N–H and O–H groups in total. The lowest BCUT2D eigenvalue weighted by Crippen LogP contribution is -2.09. The fourth-order valence-electron chi connectivity index (χ4n) is 3.82. The maximum atomic E-state index is 14.2. The molecule has 5 rings (SSSR count). The van der Waals surface area contributed by atoms with Crippen molar-refractivity contribution >= 4 is 16.9 Å². The molecule has 3 aromatic heterocycles. The summed E-state index contributed by atoms with van der Waals surface area (Å²) < 4.78 is 17.4. The van der Waals surface area contributed by atoms with E-state index in [1.54, 1.807) is 47.4 Å². The summed E-state index contributed by atoms with van der Waals surface area (Å²) in [5.41, 5.74) is 9.42. The Hall–Kier alpha value is -5.09. The molecule has 0 amide bonds. The summed E-state index contributed by atoms with van der Waals surface area (Å²) in [6.07, 6.45) is 4.71. The Kier molecular flexibility index (Phi) is 4.96. The predicted molar refractivity (Wildman–Crippen MR) is 122 cm³/mol. The van der Waals surface area contributed by atoms with Crippen molar-refractivity contribution in [2.45, 2.75) is 13.0 Å². The molecule has 10 heteroatoms. The number of fused-ring (bicyclic) bond motifs is 1. The number of hydrogen-bond acceptors (Lipinski definition) is 7. The maximum Gasteiger partial charge on any atom is 0.164 e. The quantitative estimate of drug-likeness (QED) is 0.441. The average molecular weight is 449 g/mol. The van der Waals surface area contributed by atoms with Crippen molar-refractivity contribution in [1.29, 1.82) is 10.5 Å². The first-order chi connectivity index (χ1) is 16.5. The van der Waals surface area contributed by atoms with Gasteiger partial charge in [-0.3, -0.25) is 0 Å². The minimum Gasteiger partial charge on any atom is -0.383 e. The smallest absolute Gasteiger partial charge is 0.164 e. The standard InChI is InChI=1S/C24H16FN9/c1-14(18-11-31-33(12-18)20-5-3-2-4-19(20)25)34-24-21(23(28)29-13-30-24)22(32-34)17-7-15(9-26)6-16(8-17)10-27/h2-8,11-14H,1H3,(H2,28,29,30). The van der Waals surface area contributed by atoms with E-state index in [2.05, 4.69) is 27.2 Å². The first-order valence-electron chi connectivity index (χ1n) is 10.2. The number of halogens is 1. The molecule has 164 valence electrons. The Morgan fingerprint density at radius 3 is 2.50 bits per heavy atom. The molecule has 0 spiro atoms. The predicted octanol–water partition coefficient (Wildman–Crippen LogP) is 3.75. The number of para-hydroxylation sites is 1. The fourth-order valence-corrected chi connectivity index (χ4v) is 3.82. The van der Waals surface area contributed by atoms with Crippen molar-refractivity contribution in [1.82, 2.24) is 29.5 Å². The molecular formula is C24H16FN9. The lowest BCUT2D eigenvalue weighted by Gasteiger charge is -2.11. The summed E-state index contributed by atoms with van der Waals surface area (Å²) in [5, 5.41) is 28.3. The Morgan fingerprint density at radius 1 is 1.06 bits per heavy atom. The van der Waals surface area contributed by atoms with Gasteiger partial charge in [-0.05, 0) is 37.3 Å². The van der Waals surface area contributed by atoms with Crippen LogP contribution in [0.15, 0.2) is 61.2 Å². The summed E-state index contributed by atoms with van der Waals surface area (Å²) in [4.78, 5) is 8.49. The zero-order valence-corrected chi connectivity index (χ0v) is 17.9. The van der Waals surface area contributed by atoms with E-state index in [1.807, 2.05) is 6.92 Å². The normalized spacial score (nSPS) is 11.8. The molecule has 0 radical (unpaired) electrons. The van der Waals surface area contributed by atoms with Crippen molar-refractivity contribution in [3.8, 4) is 29.1 Å². The molecule has 1 atom stereocenters. The molecule has 0 saturated heterocycles. The van der Waals surface area contributed by atoms with Gasteiger partial charge in [0, 0.05) is 17.3 Å². The van der Waals surface area contributed by atoms with Crippen LogP contribution in [0.5, 0.6) is 0 Å². The topological polar surface area (TPSA) is 135 Å². The lowest BCUT2D eigenvalue weighted by molar-refractivity contribution is 0.580. The van der Waals surface area contributed by atoms with Crippen molar-refractivity contribution in [3.63, 3.8) is 0 Å². The molecule has 0 aliphatic heterocycles. The summed E-state index contributed by atoms with van der Waals surface area (Å²) in [5.74, 6) is -0.163. The van der Waals surface area contributed by atoms with E-state index in [4.69, 9.17) is 10.8 Å². The van der Waals surface area contributed by atoms with Crippen LogP contribution in [0, 0.1) is 28.5 Å². The number of nitrogen functional groups attached to an aromatic ring is 1. The third-order valence-electron chi connectivity index (χ3n) is 5.53. The second kappa shape index (κ2) is 8.11. The van der Waals surface area contributed by atoms with Crippen molar-refractivity contribution in [3.05, 3.63) is 83.7 Å². The average Bonchev–Trinajstić information content (AvgIpc) is 3.50. The number of benzene rings is 2. The fraction of sp³-hybridized carbons (Fsp3) is 0.0833. The van der Waals surface area contributed by atoms with Gasteiger partial charge in [0.25, 0.3) is 0 Å². The van der Waals surface area contributed by atoms with E-state index < -0.39 is 0 Å². The van der Waals surface area contributed by atoms with E-state index >= 15 is 0 Å². The Bertz CT molecular complexity index is 1600. The molecule has 34 heavy (non-hydrogen) atoms. The molecule has 2 aromatic carbocycles. The van der Waals surface area contributed by atoms with Gasteiger partial charge < -0.3 is 5.73 Å². The first-order valence-corrected chi connectivity index (χ1v) is 10.2. The lowest BCUT2D eigenvalue weighted by atomic mass is 10.0. The van der Waals surface area contributed by atoms with Crippen LogP contribution in [0.25, 0.3) is 28.0 Å². The minimum atomic E-state index is -0.386. The molecule has 0 bridgehead atoms.